The molecule has 1 aliphatic carbocycles. The lowest BCUT2D eigenvalue weighted by Gasteiger charge is -2.34. The number of fused-ring (bicyclic) bond motifs is 1. The molecule has 1 aromatic carbocycles. The molecule has 1 fully saturated rings. The number of hydrogen-bond donors (Lipinski definition) is 0. The molecule has 16 heavy (non-hydrogen) atoms. The van der Waals surface area contributed by atoms with E-state index in [9.17, 15) is 0 Å². The molecule has 2 aromatic rings. The summed E-state index contributed by atoms with van der Waals surface area (Å²) in [5.74, 6) is 0. The number of ether oxygens (including phenoxy) is 1. The molecule has 1 saturated carbocycles. The molecule has 0 saturated heterocycles. The Bertz CT molecular complexity index is 519. The van der Waals surface area contributed by atoms with Crippen LogP contribution in [0.5, 0.6) is 0 Å². The Labute approximate surface area is 98.1 Å². The second-order valence-electron chi connectivity index (χ2n) is 4.15. The van der Waals surface area contributed by atoms with Crippen LogP contribution in [0.3, 0.4) is 0 Å². The average molecular weight is 238 g/mol. The number of aromatic nitrogens is 3. The first kappa shape index (κ1) is 10.1. The van der Waals surface area contributed by atoms with Crippen LogP contribution in [0.15, 0.2) is 18.2 Å². The highest BCUT2D eigenvalue weighted by Crippen LogP contribution is 2.35. The molecule has 0 atom stereocenters. The van der Waals surface area contributed by atoms with Crippen LogP contribution in [0.25, 0.3) is 11.0 Å². The van der Waals surface area contributed by atoms with E-state index in [0.717, 1.165) is 28.9 Å². The Morgan fingerprint density at radius 3 is 3.00 bits per heavy atom. The maximum atomic E-state index is 5.98. The van der Waals surface area contributed by atoms with E-state index in [1.165, 1.54) is 0 Å². The smallest absolute Gasteiger partial charge is 0.113 e. The highest BCUT2D eigenvalue weighted by Gasteiger charge is 2.32. The van der Waals surface area contributed by atoms with Crippen molar-refractivity contribution < 1.29 is 4.74 Å². The standard InChI is InChI=1S/C11H12ClN3O/c1-16-9-5-8(6-9)15-11-4-7(12)2-3-10(11)13-14-15/h2-4,8-9H,5-6H2,1H3. The van der Waals surface area contributed by atoms with E-state index in [2.05, 4.69) is 10.3 Å². The van der Waals surface area contributed by atoms with E-state index >= 15 is 0 Å². The third-order valence-corrected chi connectivity index (χ3v) is 3.42. The van der Waals surface area contributed by atoms with Crippen molar-refractivity contribution in [3.63, 3.8) is 0 Å². The molecule has 0 aliphatic heterocycles. The van der Waals surface area contributed by atoms with Gasteiger partial charge in [0.05, 0.1) is 17.7 Å². The van der Waals surface area contributed by atoms with Gasteiger partial charge in [0.25, 0.3) is 0 Å². The predicted octanol–water partition coefficient (Wildman–Crippen LogP) is 2.43. The number of methoxy groups -OCH3 is 1. The summed E-state index contributed by atoms with van der Waals surface area (Å²) in [6, 6.07) is 6.04. The average Bonchev–Trinajstić information content (AvgIpc) is 2.60. The number of nitrogens with zero attached hydrogens (tertiary/aromatic N) is 3. The zero-order valence-corrected chi connectivity index (χ0v) is 9.68. The Morgan fingerprint density at radius 2 is 2.25 bits per heavy atom. The van der Waals surface area contributed by atoms with Crippen LogP contribution in [0.4, 0.5) is 0 Å². The first-order valence-electron chi connectivity index (χ1n) is 5.31. The first-order chi connectivity index (χ1) is 7.78. The SMILES string of the molecule is COC1CC(n2nnc3ccc(Cl)cc32)C1. The first-order valence-corrected chi connectivity index (χ1v) is 5.69. The zero-order chi connectivity index (χ0) is 11.1. The molecule has 0 amide bonds. The van der Waals surface area contributed by atoms with Gasteiger partial charge in [-0.1, -0.05) is 16.8 Å². The fourth-order valence-electron chi connectivity index (χ4n) is 2.11. The van der Waals surface area contributed by atoms with Gasteiger partial charge in [0.15, 0.2) is 0 Å². The van der Waals surface area contributed by atoms with Crippen LogP contribution in [-0.2, 0) is 4.74 Å². The van der Waals surface area contributed by atoms with E-state index in [0.29, 0.717) is 12.1 Å². The van der Waals surface area contributed by atoms with Gasteiger partial charge in [0.2, 0.25) is 0 Å². The summed E-state index contributed by atoms with van der Waals surface area (Å²) in [7, 11) is 1.75. The molecular weight excluding hydrogens is 226 g/mol. The van der Waals surface area contributed by atoms with Crippen LogP contribution in [0.1, 0.15) is 18.9 Å². The lowest BCUT2D eigenvalue weighted by atomic mass is 9.89. The summed E-state index contributed by atoms with van der Waals surface area (Å²) in [6.45, 7) is 0. The van der Waals surface area contributed by atoms with Crippen molar-refractivity contribution in [3.05, 3.63) is 23.2 Å². The van der Waals surface area contributed by atoms with Crippen molar-refractivity contribution in [3.8, 4) is 0 Å². The van der Waals surface area contributed by atoms with Crippen LogP contribution < -0.4 is 0 Å². The Hall–Kier alpha value is -1.13. The molecule has 1 aromatic heterocycles. The van der Waals surface area contributed by atoms with E-state index in [4.69, 9.17) is 16.3 Å². The third-order valence-electron chi connectivity index (χ3n) is 3.18. The minimum absolute atomic E-state index is 0.364. The minimum Gasteiger partial charge on any atom is -0.381 e. The molecular formula is C11H12ClN3O. The quantitative estimate of drug-likeness (QED) is 0.806. The van der Waals surface area contributed by atoms with Crippen LogP contribution in [0, 0.1) is 0 Å². The van der Waals surface area contributed by atoms with Gasteiger partial charge in [-0.3, -0.25) is 0 Å². The number of halogens is 1. The van der Waals surface area contributed by atoms with Crippen LogP contribution >= 0.6 is 11.6 Å². The van der Waals surface area contributed by atoms with Gasteiger partial charge in [-0.2, -0.15) is 0 Å². The monoisotopic (exact) mass is 237 g/mol. The normalized spacial score (nSPS) is 24.6. The summed E-state index contributed by atoms with van der Waals surface area (Å²) < 4.78 is 7.22. The minimum atomic E-state index is 0.364. The Morgan fingerprint density at radius 1 is 1.44 bits per heavy atom. The molecule has 5 heteroatoms. The third kappa shape index (κ3) is 1.49. The van der Waals surface area contributed by atoms with Crippen molar-refractivity contribution in [2.24, 2.45) is 0 Å². The zero-order valence-electron chi connectivity index (χ0n) is 8.93. The van der Waals surface area contributed by atoms with Gasteiger partial charge < -0.3 is 4.74 Å². The lowest BCUT2D eigenvalue weighted by Crippen LogP contribution is -2.33. The summed E-state index contributed by atoms with van der Waals surface area (Å²) in [5, 5.41) is 9.03. The van der Waals surface area contributed by atoms with Gasteiger partial charge in [-0.05, 0) is 31.0 Å². The molecule has 0 spiro atoms. The van der Waals surface area contributed by atoms with Crippen LogP contribution in [0.2, 0.25) is 5.02 Å². The van der Waals surface area contributed by atoms with E-state index < -0.39 is 0 Å². The maximum Gasteiger partial charge on any atom is 0.113 e. The van der Waals surface area contributed by atoms with E-state index in [-0.39, 0.29) is 0 Å². The van der Waals surface area contributed by atoms with Gasteiger partial charge in [0, 0.05) is 12.1 Å². The van der Waals surface area contributed by atoms with Crippen LogP contribution in [-0.4, -0.2) is 28.2 Å². The van der Waals surface area contributed by atoms with Gasteiger partial charge in [-0.15, -0.1) is 5.10 Å². The molecule has 84 valence electrons. The predicted molar refractivity (Wildman–Crippen MR) is 61.6 cm³/mol. The molecule has 0 radical (unpaired) electrons. The Kier molecular flexibility index (Phi) is 2.33. The largest absolute Gasteiger partial charge is 0.381 e. The van der Waals surface area contributed by atoms with Crippen molar-refractivity contribution in [2.75, 3.05) is 7.11 Å². The second-order valence-corrected chi connectivity index (χ2v) is 4.59. The van der Waals surface area contributed by atoms with E-state index in [1.54, 1.807) is 7.11 Å². The van der Waals surface area contributed by atoms with Crippen molar-refractivity contribution in [2.45, 2.75) is 25.0 Å². The molecule has 3 rings (SSSR count). The number of hydrogen-bond acceptors (Lipinski definition) is 3. The second kappa shape index (κ2) is 3.71. The van der Waals surface area contributed by atoms with Gasteiger partial charge in [0.1, 0.15) is 5.52 Å². The van der Waals surface area contributed by atoms with E-state index in [1.807, 2.05) is 22.9 Å². The fraction of sp³-hybridized carbons (Fsp3) is 0.455. The highest BCUT2D eigenvalue weighted by atomic mass is 35.5. The number of rotatable bonds is 2. The molecule has 1 heterocycles. The summed E-state index contributed by atoms with van der Waals surface area (Å²) in [5.41, 5.74) is 1.90. The topological polar surface area (TPSA) is 39.9 Å². The van der Waals surface area contributed by atoms with Crippen molar-refractivity contribution in [1.82, 2.24) is 15.0 Å². The lowest BCUT2D eigenvalue weighted by molar-refractivity contribution is 0.00332. The summed E-state index contributed by atoms with van der Waals surface area (Å²) in [4.78, 5) is 0. The fourth-order valence-corrected chi connectivity index (χ4v) is 2.28. The Balaban J connectivity index is 1.96. The molecule has 0 unspecified atom stereocenters. The molecule has 4 nitrogen and oxygen atoms in total. The molecule has 0 bridgehead atoms. The molecule has 1 aliphatic rings. The van der Waals surface area contributed by atoms with Crippen molar-refractivity contribution >= 4 is 22.6 Å². The van der Waals surface area contributed by atoms with Crippen molar-refractivity contribution in [1.29, 1.82) is 0 Å². The highest BCUT2D eigenvalue weighted by molar-refractivity contribution is 6.31. The maximum absolute atomic E-state index is 5.98. The summed E-state index contributed by atoms with van der Waals surface area (Å²) in [6.07, 6.45) is 2.37. The van der Waals surface area contributed by atoms with Gasteiger partial charge in [-0.25, -0.2) is 4.68 Å². The number of benzene rings is 1. The molecule has 0 N–H and O–H groups in total. The summed E-state index contributed by atoms with van der Waals surface area (Å²) >= 11 is 5.98. The van der Waals surface area contributed by atoms with Gasteiger partial charge >= 0.3 is 0 Å².